The molecule has 0 aliphatic heterocycles. The second kappa shape index (κ2) is 9.53. The molecule has 0 fully saturated rings. The molecule has 0 heterocycles. The Kier molecular flexibility index (Phi) is 7.86. The fourth-order valence-electron chi connectivity index (χ4n) is 1.64. The van der Waals surface area contributed by atoms with Crippen molar-refractivity contribution in [1.29, 1.82) is 0 Å². The highest BCUT2D eigenvalue weighted by molar-refractivity contribution is 5.75. The second-order valence-electron chi connectivity index (χ2n) is 4.41. The number of nitrogens with two attached hydrogens (primary N) is 1. The molecular formula is C15H23NO3. The molecule has 4 nitrogen and oxygen atoms in total. The van der Waals surface area contributed by atoms with E-state index in [1.165, 1.54) is 5.56 Å². The van der Waals surface area contributed by atoms with E-state index in [-0.39, 0.29) is 12.6 Å². The molecule has 1 atom stereocenters. The predicted molar refractivity (Wildman–Crippen MR) is 74.8 cm³/mol. The molecule has 0 bridgehead atoms. The number of rotatable bonds is 9. The van der Waals surface area contributed by atoms with E-state index in [0.717, 1.165) is 12.8 Å². The highest BCUT2D eigenvalue weighted by Gasteiger charge is 2.14. The lowest BCUT2D eigenvalue weighted by molar-refractivity contribution is -0.146. The van der Waals surface area contributed by atoms with Gasteiger partial charge in [-0.05, 0) is 24.8 Å². The number of benzene rings is 1. The maximum Gasteiger partial charge on any atom is 0.323 e. The van der Waals surface area contributed by atoms with Gasteiger partial charge >= 0.3 is 5.97 Å². The maximum atomic E-state index is 11.6. The van der Waals surface area contributed by atoms with Gasteiger partial charge in [0.1, 0.15) is 12.6 Å². The molecule has 2 N–H and O–H groups in total. The Bertz CT molecular complexity index is 354. The van der Waals surface area contributed by atoms with Gasteiger partial charge in [0.05, 0.1) is 6.61 Å². The van der Waals surface area contributed by atoms with Gasteiger partial charge in [-0.3, -0.25) is 4.79 Å². The summed E-state index contributed by atoms with van der Waals surface area (Å²) in [5.74, 6) is -0.351. The summed E-state index contributed by atoms with van der Waals surface area (Å²) in [5.41, 5.74) is 6.97. The summed E-state index contributed by atoms with van der Waals surface area (Å²) in [6.45, 7) is 3.44. The molecule has 0 saturated carbocycles. The molecule has 0 aliphatic rings. The molecule has 0 aromatic heterocycles. The van der Waals surface area contributed by atoms with Gasteiger partial charge in [0, 0.05) is 6.61 Å². The van der Waals surface area contributed by atoms with Crippen molar-refractivity contribution in [2.45, 2.75) is 32.2 Å². The van der Waals surface area contributed by atoms with E-state index in [9.17, 15) is 4.79 Å². The maximum absolute atomic E-state index is 11.6. The van der Waals surface area contributed by atoms with Gasteiger partial charge in [-0.15, -0.1) is 0 Å². The zero-order valence-electron chi connectivity index (χ0n) is 11.5. The van der Waals surface area contributed by atoms with Crippen LogP contribution in [0.15, 0.2) is 30.3 Å². The lowest BCUT2D eigenvalue weighted by atomic mass is 10.1. The van der Waals surface area contributed by atoms with Gasteiger partial charge < -0.3 is 15.2 Å². The first-order chi connectivity index (χ1) is 9.24. The zero-order valence-corrected chi connectivity index (χ0v) is 11.5. The van der Waals surface area contributed by atoms with E-state index in [4.69, 9.17) is 15.2 Å². The first-order valence-corrected chi connectivity index (χ1v) is 6.78. The van der Waals surface area contributed by atoms with Crippen LogP contribution >= 0.6 is 0 Å². The van der Waals surface area contributed by atoms with Crippen LogP contribution in [0, 0.1) is 0 Å². The number of ether oxygens (including phenoxy) is 2. The molecule has 4 heteroatoms. The summed E-state index contributed by atoms with van der Waals surface area (Å²) < 4.78 is 10.3. The van der Waals surface area contributed by atoms with Crippen LogP contribution in [0.2, 0.25) is 0 Å². The highest BCUT2D eigenvalue weighted by atomic mass is 16.6. The first kappa shape index (κ1) is 15.7. The Labute approximate surface area is 114 Å². The average molecular weight is 265 g/mol. The standard InChI is InChI=1S/C15H23NO3/c1-2-10-18-11-12-19-15(17)14(16)9-8-13-6-4-3-5-7-13/h3-7,14H,2,8-12,16H2,1H3/t14-/m0/s1. The van der Waals surface area contributed by atoms with Crippen molar-refractivity contribution in [2.75, 3.05) is 19.8 Å². The van der Waals surface area contributed by atoms with Crippen molar-refractivity contribution in [3.05, 3.63) is 35.9 Å². The van der Waals surface area contributed by atoms with Gasteiger partial charge in [0.25, 0.3) is 0 Å². The number of hydrogen-bond donors (Lipinski definition) is 1. The van der Waals surface area contributed by atoms with E-state index in [1.54, 1.807) is 0 Å². The molecule has 1 aromatic carbocycles. The van der Waals surface area contributed by atoms with Crippen LogP contribution in [-0.2, 0) is 20.7 Å². The van der Waals surface area contributed by atoms with Crippen LogP contribution in [0.1, 0.15) is 25.3 Å². The van der Waals surface area contributed by atoms with E-state index < -0.39 is 6.04 Å². The molecular weight excluding hydrogens is 242 g/mol. The van der Waals surface area contributed by atoms with E-state index in [0.29, 0.717) is 19.6 Å². The molecule has 1 aromatic rings. The van der Waals surface area contributed by atoms with Crippen molar-refractivity contribution in [1.82, 2.24) is 0 Å². The fourth-order valence-corrected chi connectivity index (χ4v) is 1.64. The minimum absolute atomic E-state index is 0.276. The Hall–Kier alpha value is -1.39. The molecule has 0 aliphatic carbocycles. The highest BCUT2D eigenvalue weighted by Crippen LogP contribution is 2.04. The zero-order chi connectivity index (χ0) is 13.9. The summed E-state index contributed by atoms with van der Waals surface area (Å²) in [6.07, 6.45) is 2.34. The van der Waals surface area contributed by atoms with Gasteiger partial charge in [-0.25, -0.2) is 0 Å². The number of esters is 1. The Morgan fingerprint density at radius 2 is 1.95 bits per heavy atom. The molecule has 0 amide bonds. The molecule has 19 heavy (non-hydrogen) atoms. The SMILES string of the molecule is CCCOCCOC(=O)[C@@H](N)CCc1ccccc1. The third-order valence-electron chi connectivity index (χ3n) is 2.71. The van der Waals surface area contributed by atoms with Gasteiger partial charge in [-0.1, -0.05) is 37.3 Å². The van der Waals surface area contributed by atoms with Crippen LogP contribution in [-0.4, -0.2) is 31.8 Å². The van der Waals surface area contributed by atoms with Crippen molar-refractivity contribution in [3.63, 3.8) is 0 Å². The number of carbonyl (C=O) groups is 1. The molecule has 0 spiro atoms. The number of hydrogen-bond acceptors (Lipinski definition) is 4. The molecule has 0 radical (unpaired) electrons. The quantitative estimate of drug-likeness (QED) is 0.547. The molecule has 1 rings (SSSR count). The van der Waals surface area contributed by atoms with Crippen molar-refractivity contribution >= 4 is 5.97 Å². The van der Waals surface area contributed by atoms with Gasteiger partial charge in [0.2, 0.25) is 0 Å². The minimum atomic E-state index is -0.564. The summed E-state index contributed by atoms with van der Waals surface area (Å²) in [4.78, 5) is 11.6. The molecule has 0 unspecified atom stereocenters. The first-order valence-electron chi connectivity index (χ1n) is 6.78. The van der Waals surface area contributed by atoms with Crippen molar-refractivity contribution < 1.29 is 14.3 Å². The number of aryl methyl sites for hydroxylation is 1. The lowest BCUT2D eigenvalue weighted by Crippen LogP contribution is -2.33. The van der Waals surface area contributed by atoms with Crippen molar-refractivity contribution in [2.24, 2.45) is 5.73 Å². The van der Waals surface area contributed by atoms with E-state index >= 15 is 0 Å². The van der Waals surface area contributed by atoms with Crippen molar-refractivity contribution in [3.8, 4) is 0 Å². The second-order valence-corrected chi connectivity index (χ2v) is 4.41. The van der Waals surface area contributed by atoms with Crippen LogP contribution in [0.3, 0.4) is 0 Å². The third-order valence-corrected chi connectivity index (χ3v) is 2.71. The largest absolute Gasteiger partial charge is 0.462 e. The molecule has 106 valence electrons. The van der Waals surface area contributed by atoms with Gasteiger partial charge in [0.15, 0.2) is 0 Å². The summed E-state index contributed by atoms with van der Waals surface area (Å²) in [5, 5.41) is 0. The minimum Gasteiger partial charge on any atom is -0.462 e. The van der Waals surface area contributed by atoms with Crippen LogP contribution in [0.5, 0.6) is 0 Å². The molecule has 0 saturated heterocycles. The number of carbonyl (C=O) groups excluding carboxylic acids is 1. The topological polar surface area (TPSA) is 61.5 Å². The normalized spacial score (nSPS) is 12.1. The van der Waals surface area contributed by atoms with E-state index in [1.807, 2.05) is 37.3 Å². The van der Waals surface area contributed by atoms with Gasteiger partial charge in [-0.2, -0.15) is 0 Å². The van der Waals surface area contributed by atoms with Crippen LogP contribution in [0.25, 0.3) is 0 Å². The summed E-state index contributed by atoms with van der Waals surface area (Å²) in [7, 11) is 0. The van der Waals surface area contributed by atoms with Crippen LogP contribution < -0.4 is 5.73 Å². The summed E-state index contributed by atoms with van der Waals surface area (Å²) in [6, 6.07) is 9.40. The predicted octanol–water partition coefficient (Wildman–Crippen LogP) is 1.92. The summed E-state index contributed by atoms with van der Waals surface area (Å²) >= 11 is 0. The Morgan fingerprint density at radius 1 is 1.21 bits per heavy atom. The van der Waals surface area contributed by atoms with Crippen LogP contribution in [0.4, 0.5) is 0 Å². The Balaban J connectivity index is 2.14. The lowest BCUT2D eigenvalue weighted by Gasteiger charge is -2.11. The fraction of sp³-hybridized carbons (Fsp3) is 0.533. The monoisotopic (exact) mass is 265 g/mol. The average Bonchev–Trinajstić information content (AvgIpc) is 2.45. The Morgan fingerprint density at radius 3 is 2.63 bits per heavy atom. The van der Waals surface area contributed by atoms with E-state index in [2.05, 4.69) is 0 Å². The smallest absolute Gasteiger partial charge is 0.323 e. The third kappa shape index (κ3) is 6.94.